The summed E-state index contributed by atoms with van der Waals surface area (Å²) in [5, 5.41) is 3.10. The summed E-state index contributed by atoms with van der Waals surface area (Å²) in [6, 6.07) is -1.48. The van der Waals surface area contributed by atoms with Crippen LogP contribution in [0.5, 0.6) is 0 Å². The molecule has 14 atom stereocenters. The predicted octanol–water partition coefficient (Wildman–Crippen LogP) is 43.0. The van der Waals surface area contributed by atoms with Crippen LogP contribution in [0.4, 0.5) is 0 Å². The van der Waals surface area contributed by atoms with Crippen molar-refractivity contribution in [3.05, 3.63) is 38.0 Å². The average molecular weight is 2850 g/mol. The van der Waals surface area contributed by atoms with E-state index in [2.05, 4.69) is 280 Å². The zero-order chi connectivity index (χ0) is 90.5. The normalized spacial score (nSPS) is 45.0. The zero-order valence-electron chi connectivity index (χ0n) is 76.6. The summed E-state index contributed by atoms with van der Waals surface area (Å²) in [6.07, 6.45) is 67.5. The summed E-state index contributed by atoms with van der Waals surface area (Å²) in [7, 11) is -1.86. The van der Waals surface area contributed by atoms with Crippen LogP contribution in [-0.2, 0) is 41.2 Å². The third-order valence-corrected chi connectivity index (χ3v) is 52.3. The molecule has 24 aliphatic rings. The van der Waals surface area contributed by atoms with Crippen LogP contribution in [0, 0.1) is 128 Å². The third kappa shape index (κ3) is 35.7. The quantitative estimate of drug-likeness (QED) is 0.0465. The van der Waals surface area contributed by atoms with Gasteiger partial charge in [-0.05, 0) is 421 Å². The van der Waals surface area contributed by atoms with E-state index in [0.29, 0.717) is 124 Å². The van der Waals surface area contributed by atoms with Crippen LogP contribution in [0.1, 0.15) is 368 Å². The van der Waals surface area contributed by atoms with Gasteiger partial charge in [0, 0.05) is 49.4 Å². The summed E-state index contributed by atoms with van der Waals surface area (Å²) in [5.41, 5.74) is 11.2. The first kappa shape index (κ1) is 123. The summed E-state index contributed by atoms with van der Waals surface area (Å²) in [5.74, 6) is 6.14. The Morgan fingerprint density at radius 3 is 0.798 bits per heavy atom. The first-order chi connectivity index (χ1) is 55.4. The molecule has 124 heavy (non-hydrogen) atoms. The smallest absolute Gasteiger partial charge is 0 e. The molecule has 24 bridgehead atoms. The minimum Gasteiger partial charge on any atom is 0 e. The molecule has 0 amide bonds. The van der Waals surface area contributed by atoms with Crippen molar-refractivity contribution in [2.45, 2.75) is 412 Å². The van der Waals surface area contributed by atoms with Crippen molar-refractivity contribution in [1.82, 2.24) is 0 Å². The Bertz CT molecular complexity index is 3170. The van der Waals surface area contributed by atoms with Crippen molar-refractivity contribution in [2.75, 3.05) is 16.0 Å². The van der Waals surface area contributed by atoms with E-state index in [1.54, 1.807) is 6.08 Å². The fraction of sp³-hybridized carbons (Fsp3) is 0.938. The van der Waals surface area contributed by atoms with Crippen molar-refractivity contribution in [2.24, 2.45) is 128 Å². The van der Waals surface area contributed by atoms with Crippen LogP contribution in [0.25, 0.3) is 0 Å². The number of hydrogen-bond donors (Lipinski definition) is 0. The molecule has 721 valence electrons. The van der Waals surface area contributed by atoms with Gasteiger partial charge in [-0.3, -0.25) is 0 Å². The molecule has 0 saturated heterocycles. The predicted molar refractivity (Wildman–Crippen MR) is 598 cm³/mol. The van der Waals surface area contributed by atoms with Crippen LogP contribution in [0.15, 0.2) is 38.0 Å². The maximum absolute atomic E-state index is 6.63. The second kappa shape index (κ2) is 47.9. The molecule has 28 heteroatoms. The van der Waals surface area contributed by atoms with Gasteiger partial charge in [0.2, 0.25) is 7.42 Å². The van der Waals surface area contributed by atoms with E-state index in [9.17, 15) is 0 Å². The molecule has 24 fully saturated rings. The van der Waals surface area contributed by atoms with E-state index in [4.69, 9.17) is 111 Å². The molecule has 14 unspecified atom stereocenters. The Morgan fingerprint density at radius 2 is 0.597 bits per heavy atom. The Morgan fingerprint density at radius 1 is 0.371 bits per heavy atom. The van der Waals surface area contributed by atoms with Crippen LogP contribution in [0.2, 0.25) is 30.2 Å². The summed E-state index contributed by atoms with van der Waals surface area (Å²) in [4.78, 5) is 1.34. The molecular weight excluding hydrogens is 2690 g/mol. The molecule has 0 aliphatic heterocycles. The first-order valence-corrected chi connectivity index (χ1v) is 93.7. The maximum Gasteiger partial charge on any atom is 0 e. The molecule has 0 aromatic heterocycles. The fourth-order valence-electron chi connectivity index (χ4n) is 38.0. The van der Waals surface area contributed by atoms with E-state index in [1.807, 2.05) is 0 Å². The minimum absolute atomic E-state index is 0. The van der Waals surface area contributed by atoms with Gasteiger partial charge in [-0.25, -0.2) is 0 Å². The van der Waals surface area contributed by atoms with Gasteiger partial charge in [0.25, 0.3) is 6.69 Å². The van der Waals surface area contributed by atoms with Crippen molar-refractivity contribution < 1.29 is 41.2 Å². The second-order valence-corrected chi connectivity index (χ2v) is 119. The molecule has 24 saturated carbocycles. The van der Waals surface area contributed by atoms with Crippen molar-refractivity contribution >= 4 is 302 Å². The van der Waals surface area contributed by atoms with Gasteiger partial charge in [0.05, 0.1) is 0 Å². The van der Waals surface area contributed by atoms with Crippen molar-refractivity contribution in [1.29, 1.82) is 0 Å². The fourth-order valence-corrected chi connectivity index (χ4v) is 57.4. The molecule has 24 aliphatic carbocycles. The molecule has 24 rings (SSSR count). The van der Waals surface area contributed by atoms with Gasteiger partial charge in [-0.15, -0.1) is 108 Å². The Hall–Kier alpha value is 10.0. The van der Waals surface area contributed by atoms with E-state index in [1.165, 1.54) is 263 Å². The zero-order valence-corrected chi connectivity index (χ0v) is 113. The topological polar surface area (TPSA) is 0 Å². The Labute approximate surface area is 922 Å². The van der Waals surface area contributed by atoms with Crippen molar-refractivity contribution in [3.8, 4) is 0 Å². The molecular formula is C96H162Br11Cl10FeSi4Zn2. The molecule has 0 nitrogen and oxygen atoms in total. The molecule has 0 heterocycles. The largest absolute Gasteiger partial charge is 0 e. The van der Waals surface area contributed by atoms with Gasteiger partial charge in [-0.1, -0.05) is 218 Å². The number of allylic oxidation sites excluding steroid dienone is 3. The third-order valence-electron chi connectivity index (χ3n) is 33.8. The molecule has 0 N–H and O–H groups in total. The van der Waals surface area contributed by atoms with Gasteiger partial charge in [-0.2, -0.15) is 22.2 Å². The van der Waals surface area contributed by atoms with Crippen molar-refractivity contribution in [3.63, 3.8) is 0 Å². The average Bonchev–Trinajstić information content (AvgIpc) is 0.789. The summed E-state index contributed by atoms with van der Waals surface area (Å²) >= 11 is 96.9. The second-order valence-electron chi connectivity index (χ2n) is 50.4. The maximum atomic E-state index is 6.63. The monoisotopic (exact) mass is 2830 g/mol. The van der Waals surface area contributed by atoms with Gasteiger partial charge < -0.3 is 0 Å². The van der Waals surface area contributed by atoms with Crippen LogP contribution in [-0.4, -0.2) is 56.1 Å². The summed E-state index contributed by atoms with van der Waals surface area (Å²) < 4.78 is 0.538. The molecule has 0 radical (unpaired) electrons. The number of hydrogen-bond acceptors (Lipinski definition) is 0. The molecule has 0 aromatic rings. The van der Waals surface area contributed by atoms with Gasteiger partial charge in [0.15, 0.2) is 0 Å². The SMILES string of the molecule is C.C.C=CCBr.C=CCC12CC3CC(C)(CC(C)(C3)C1)C2.C=CCC12CC3CC(C)(CC(C)(C3)C1)C2.CC12CC3CC(C)(C1)CC(Br)(C3)C2.CC12CC3CC(C)(C1)CC(CC(Br)CBr)(C3)C2.CC12CC3CC(C)(C1)CC(CC(Br)CBr)(C3)C2.CC12CC3CC(C)(C1)CC(CCC[Si](Cl)(Cl)CC[Si](Cl)(Cl)Cl)(C3)C2.Cl[SiH](Cl)CC[Si](Cl)(Cl)Cl.[Br][Fe]([Br])[Br].[Br][Zn][Br].[Zn]. The standard InChI is InChI=1S/C17H29Cl5Si2.2C15H24Br2.2C15H24.C12H19Br.C3H5Br.C2H5Cl5Si2.2CH4.5BrH.Fe.2Zn/c1-15-8-14-9-16(2,11-15)13-17(10-14,12-15)4-3-5-23(18,19)6-7-24(20,21)22;2*1-13-3-11-4-14(2,8-13)10-15(5-11,9-13)6-12(17)7-16;2*1-4-5-15-8-12-6-13(2,10-15)9-14(3,7-12)11-15;1-10-3-9-4-11(2,6-10)8-12(13,5-9)7-10;1-2-3-4;3-8(4)1-2-9(5,6)7;;;;;;;;;;/h14H,3-13H2,1-2H3;2*11-12H,3-10H2,1-2H3;2*4,12H,1,5-11H2,2-3H3;9H,3-8H2,1-2H3;2H,1,3H2;8H,1-2H2;2*1H4;5*1H;;;/q;;;;;;;;;;;;;;;+3;;+2/p-5. The minimum atomic E-state index is -2.60. The summed E-state index contributed by atoms with van der Waals surface area (Å²) in [6.45, 7) is 39.7. The Balaban J connectivity index is 0.000000221. The number of halogens is 21. The van der Waals surface area contributed by atoms with E-state index < -0.39 is 26.1 Å². The molecule has 0 aromatic carbocycles. The van der Waals surface area contributed by atoms with Crippen LogP contribution in [0.3, 0.4) is 0 Å². The van der Waals surface area contributed by atoms with E-state index in [0.717, 1.165) is 70.0 Å². The molecule has 0 spiro atoms. The van der Waals surface area contributed by atoms with Crippen LogP contribution >= 0.6 is 276 Å². The first-order valence-electron chi connectivity index (χ1n) is 46.4. The van der Waals surface area contributed by atoms with Gasteiger partial charge in [0.1, 0.15) is 0 Å². The van der Waals surface area contributed by atoms with E-state index in [-0.39, 0.29) is 56.0 Å². The number of rotatable bonds is 21. The van der Waals surface area contributed by atoms with E-state index >= 15 is 0 Å². The van der Waals surface area contributed by atoms with Gasteiger partial charge >= 0.3 is 103 Å². The number of alkyl halides is 6. The van der Waals surface area contributed by atoms with Crippen LogP contribution < -0.4 is 0 Å². The Kier molecular flexibility index (Phi) is 47.4.